The zero-order valence-corrected chi connectivity index (χ0v) is 10.2. The van der Waals surface area contributed by atoms with E-state index in [1.165, 1.54) is 0 Å². The largest absolute Gasteiger partial charge is 0.385 e. The molecule has 0 aromatic heterocycles. The van der Waals surface area contributed by atoms with Crippen molar-refractivity contribution in [3.05, 3.63) is 29.3 Å². The molecule has 1 amide bonds. The molecule has 1 aromatic rings. The summed E-state index contributed by atoms with van der Waals surface area (Å²) in [5, 5.41) is 2.84. The van der Waals surface area contributed by atoms with E-state index in [4.69, 9.17) is 10.6 Å². The summed E-state index contributed by atoms with van der Waals surface area (Å²) >= 11 is 0. The van der Waals surface area contributed by atoms with E-state index in [1.54, 1.807) is 19.2 Å². The van der Waals surface area contributed by atoms with Crippen molar-refractivity contribution in [2.24, 2.45) is 5.84 Å². The van der Waals surface area contributed by atoms with E-state index in [0.717, 1.165) is 17.7 Å². The molecule has 1 rings (SSSR count). The Hall–Kier alpha value is -1.59. The van der Waals surface area contributed by atoms with Crippen molar-refractivity contribution in [2.45, 2.75) is 13.3 Å². The average Bonchev–Trinajstić information content (AvgIpc) is 2.34. The second-order valence-corrected chi connectivity index (χ2v) is 3.78. The van der Waals surface area contributed by atoms with Gasteiger partial charge in [0.15, 0.2) is 0 Å². The number of nitrogens with one attached hydrogen (secondary N) is 2. The molecule has 0 fully saturated rings. The molecular formula is C12H19N3O2. The standard InChI is InChI=1S/C12H19N3O2/c1-9-8-10(15-13)4-5-11(9)12(16)14-6-3-7-17-2/h4-5,8,15H,3,6-7,13H2,1-2H3,(H,14,16). The van der Waals surface area contributed by atoms with E-state index in [1.807, 2.05) is 13.0 Å². The summed E-state index contributed by atoms with van der Waals surface area (Å²) in [7, 11) is 1.64. The third-order valence-corrected chi connectivity index (χ3v) is 2.45. The predicted molar refractivity (Wildman–Crippen MR) is 67.8 cm³/mol. The fourth-order valence-electron chi connectivity index (χ4n) is 1.52. The van der Waals surface area contributed by atoms with E-state index >= 15 is 0 Å². The number of nitrogens with two attached hydrogens (primary N) is 1. The Kier molecular flexibility index (Phi) is 5.45. The lowest BCUT2D eigenvalue weighted by Crippen LogP contribution is -2.26. The number of anilines is 1. The Morgan fingerprint density at radius 2 is 2.24 bits per heavy atom. The molecule has 1 aromatic carbocycles. The second kappa shape index (κ2) is 6.88. The molecule has 0 aliphatic carbocycles. The van der Waals surface area contributed by atoms with Gasteiger partial charge in [-0.05, 0) is 37.1 Å². The number of carbonyl (C=O) groups is 1. The van der Waals surface area contributed by atoms with Crippen LogP contribution in [-0.4, -0.2) is 26.2 Å². The van der Waals surface area contributed by atoms with Crippen LogP contribution in [0.15, 0.2) is 18.2 Å². The molecule has 0 aliphatic rings. The molecule has 0 heterocycles. The summed E-state index contributed by atoms with van der Waals surface area (Å²) < 4.78 is 4.91. The Labute approximate surface area is 101 Å². The van der Waals surface area contributed by atoms with Gasteiger partial charge in [-0.25, -0.2) is 0 Å². The van der Waals surface area contributed by atoms with Gasteiger partial charge in [0, 0.05) is 31.5 Å². The van der Waals surface area contributed by atoms with Gasteiger partial charge < -0.3 is 15.5 Å². The zero-order valence-electron chi connectivity index (χ0n) is 10.2. The molecule has 5 nitrogen and oxygen atoms in total. The molecule has 0 radical (unpaired) electrons. The maximum atomic E-state index is 11.8. The topological polar surface area (TPSA) is 76.4 Å². The maximum absolute atomic E-state index is 11.8. The summed E-state index contributed by atoms with van der Waals surface area (Å²) in [6.45, 7) is 3.14. The minimum Gasteiger partial charge on any atom is -0.385 e. The number of hydrazine groups is 1. The monoisotopic (exact) mass is 237 g/mol. The van der Waals surface area contributed by atoms with Crippen LogP contribution in [0.1, 0.15) is 22.3 Å². The highest BCUT2D eigenvalue weighted by atomic mass is 16.5. The number of carbonyl (C=O) groups excluding carboxylic acids is 1. The summed E-state index contributed by atoms with van der Waals surface area (Å²) in [4.78, 5) is 11.8. The normalized spacial score (nSPS) is 10.1. The summed E-state index contributed by atoms with van der Waals surface area (Å²) in [6, 6.07) is 5.37. The Balaban J connectivity index is 2.57. The van der Waals surface area contributed by atoms with Crippen molar-refractivity contribution in [3.8, 4) is 0 Å². The minimum absolute atomic E-state index is 0.0674. The number of methoxy groups -OCH3 is 1. The van der Waals surface area contributed by atoms with Gasteiger partial charge in [-0.15, -0.1) is 0 Å². The number of hydrogen-bond donors (Lipinski definition) is 3. The van der Waals surface area contributed by atoms with Crippen LogP contribution in [-0.2, 0) is 4.74 Å². The van der Waals surface area contributed by atoms with Crippen molar-refractivity contribution in [3.63, 3.8) is 0 Å². The Morgan fingerprint density at radius 1 is 1.47 bits per heavy atom. The predicted octanol–water partition coefficient (Wildman–Crippen LogP) is 1.05. The van der Waals surface area contributed by atoms with Gasteiger partial charge in [0.05, 0.1) is 0 Å². The number of aryl methyl sites for hydroxylation is 1. The average molecular weight is 237 g/mol. The first kappa shape index (κ1) is 13.5. The zero-order chi connectivity index (χ0) is 12.7. The third-order valence-electron chi connectivity index (χ3n) is 2.45. The van der Waals surface area contributed by atoms with Crippen molar-refractivity contribution < 1.29 is 9.53 Å². The lowest BCUT2D eigenvalue weighted by molar-refractivity contribution is 0.0948. The van der Waals surface area contributed by atoms with E-state index in [9.17, 15) is 4.79 Å². The van der Waals surface area contributed by atoms with Gasteiger partial charge in [-0.2, -0.15) is 0 Å². The first-order valence-electron chi connectivity index (χ1n) is 5.53. The van der Waals surface area contributed by atoms with E-state index in [0.29, 0.717) is 18.7 Å². The Bertz CT molecular complexity index is 380. The molecule has 4 N–H and O–H groups in total. The van der Waals surface area contributed by atoms with Crippen molar-refractivity contribution >= 4 is 11.6 Å². The number of amides is 1. The number of benzene rings is 1. The minimum atomic E-state index is -0.0674. The number of rotatable bonds is 6. The van der Waals surface area contributed by atoms with Gasteiger partial charge >= 0.3 is 0 Å². The van der Waals surface area contributed by atoms with Crippen LogP contribution in [0.5, 0.6) is 0 Å². The van der Waals surface area contributed by atoms with Crippen molar-refractivity contribution in [2.75, 3.05) is 25.7 Å². The van der Waals surface area contributed by atoms with Crippen LogP contribution in [0, 0.1) is 6.92 Å². The van der Waals surface area contributed by atoms with Crippen LogP contribution in [0.2, 0.25) is 0 Å². The Morgan fingerprint density at radius 3 is 2.82 bits per heavy atom. The molecule has 0 atom stereocenters. The molecule has 0 saturated carbocycles. The summed E-state index contributed by atoms with van der Waals surface area (Å²) in [5.74, 6) is 5.23. The van der Waals surface area contributed by atoms with E-state index in [2.05, 4.69) is 10.7 Å². The SMILES string of the molecule is COCCCNC(=O)c1ccc(NN)cc1C. The van der Waals surface area contributed by atoms with E-state index < -0.39 is 0 Å². The highest BCUT2D eigenvalue weighted by Crippen LogP contribution is 2.14. The van der Waals surface area contributed by atoms with Crippen molar-refractivity contribution in [1.29, 1.82) is 0 Å². The van der Waals surface area contributed by atoms with Gasteiger partial charge in [0.1, 0.15) is 0 Å². The van der Waals surface area contributed by atoms with Crippen LogP contribution in [0.25, 0.3) is 0 Å². The molecule has 5 heteroatoms. The van der Waals surface area contributed by atoms with Crippen LogP contribution in [0.3, 0.4) is 0 Å². The third kappa shape index (κ3) is 4.05. The van der Waals surface area contributed by atoms with Crippen molar-refractivity contribution in [1.82, 2.24) is 5.32 Å². The lowest BCUT2D eigenvalue weighted by atomic mass is 10.1. The highest BCUT2D eigenvalue weighted by Gasteiger charge is 2.08. The quantitative estimate of drug-likeness (QED) is 0.392. The molecule has 94 valence electrons. The first-order chi connectivity index (χ1) is 8.19. The van der Waals surface area contributed by atoms with Crippen LogP contribution in [0.4, 0.5) is 5.69 Å². The fraction of sp³-hybridized carbons (Fsp3) is 0.417. The molecular weight excluding hydrogens is 218 g/mol. The summed E-state index contributed by atoms with van der Waals surface area (Å²) in [6.07, 6.45) is 0.809. The number of nitrogen functional groups attached to an aromatic ring is 1. The first-order valence-corrected chi connectivity index (χ1v) is 5.53. The number of ether oxygens (including phenoxy) is 1. The smallest absolute Gasteiger partial charge is 0.251 e. The van der Waals surface area contributed by atoms with Crippen LogP contribution >= 0.6 is 0 Å². The lowest BCUT2D eigenvalue weighted by Gasteiger charge is -2.09. The van der Waals surface area contributed by atoms with Gasteiger partial charge in [-0.3, -0.25) is 10.6 Å². The summed E-state index contributed by atoms with van der Waals surface area (Å²) in [5.41, 5.74) is 4.90. The van der Waals surface area contributed by atoms with Crippen LogP contribution < -0.4 is 16.6 Å². The molecule has 0 spiro atoms. The van der Waals surface area contributed by atoms with Gasteiger partial charge in [0.2, 0.25) is 0 Å². The molecule has 0 saturated heterocycles. The molecule has 0 unspecified atom stereocenters. The highest BCUT2D eigenvalue weighted by molar-refractivity contribution is 5.96. The van der Waals surface area contributed by atoms with Gasteiger partial charge in [0.25, 0.3) is 5.91 Å². The molecule has 0 bridgehead atoms. The molecule has 17 heavy (non-hydrogen) atoms. The van der Waals surface area contributed by atoms with Gasteiger partial charge in [-0.1, -0.05) is 0 Å². The second-order valence-electron chi connectivity index (χ2n) is 3.78. The number of hydrogen-bond acceptors (Lipinski definition) is 4. The van der Waals surface area contributed by atoms with E-state index in [-0.39, 0.29) is 5.91 Å². The fourth-order valence-corrected chi connectivity index (χ4v) is 1.52. The maximum Gasteiger partial charge on any atom is 0.251 e. The molecule has 0 aliphatic heterocycles.